The fraction of sp³-hybridized carbons (Fsp3) is 0.684. The van der Waals surface area contributed by atoms with Gasteiger partial charge in [0.15, 0.2) is 0 Å². The van der Waals surface area contributed by atoms with Crippen molar-refractivity contribution >= 4 is 12.3 Å². The van der Waals surface area contributed by atoms with E-state index in [0.29, 0.717) is 0 Å². The molecule has 0 aliphatic heterocycles. The molecule has 3 heteroatoms. The molecule has 2 saturated carbocycles. The molecule has 0 aromatic rings. The van der Waals surface area contributed by atoms with Crippen LogP contribution in [0.25, 0.3) is 0 Å². The highest BCUT2D eigenvalue weighted by atomic mass is 16.4. The Hall–Kier alpha value is -1.38. The number of carboxylic acids is 1. The van der Waals surface area contributed by atoms with Crippen molar-refractivity contribution in [2.45, 2.75) is 59.3 Å². The SMILES string of the molecule is C=C1CC[C@@H]2[C@](C)(CCC[C@@]2(C)C(=O)O)[C@H]1C/C=C(\C)C=O. The number of hydrogen-bond donors (Lipinski definition) is 1. The highest BCUT2D eigenvalue weighted by molar-refractivity contribution is 5.75. The van der Waals surface area contributed by atoms with Crippen LogP contribution in [0.5, 0.6) is 0 Å². The smallest absolute Gasteiger partial charge is 0.309 e. The lowest BCUT2D eigenvalue weighted by Gasteiger charge is -2.57. The van der Waals surface area contributed by atoms with E-state index < -0.39 is 11.4 Å². The third-order valence-electron chi connectivity index (χ3n) is 6.37. The van der Waals surface area contributed by atoms with Crippen LogP contribution in [0.2, 0.25) is 0 Å². The standard InChI is InChI=1S/C19H28O3/c1-13(12-20)6-8-15-14(2)7-9-16-18(15,3)10-5-11-19(16,4)17(21)22/h6,12,15-16H,2,5,7-11H2,1,3-4H3,(H,21,22)/b13-6+/t15-,16+,18+,19+/m0/s1. The number of aliphatic carboxylic acids is 1. The van der Waals surface area contributed by atoms with E-state index in [0.717, 1.165) is 50.4 Å². The van der Waals surface area contributed by atoms with Gasteiger partial charge in [-0.2, -0.15) is 0 Å². The summed E-state index contributed by atoms with van der Waals surface area (Å²) in [6.45, 7) is 10.3. The molecule has 0 heterocycles. The molecule has 0 radical (unpaired) electrons. The number of fused-ring (bicyclic) bond motifs is 1. The van der Waals surface area contributed by atoms with E-state index in [1.165, 1.54) is 5.57 Å². The summed E-state index contributed by atoms with van der Waals surface area (Å²) in [7, 11) is 0. The van der Waals surface area contributed by atoms with Crippen molar-refractivity contribution in [1.29, 1.82) is 0 Å². The number of carbonyl (C=O) groups excluding carboxylic acids is 1. The normalized spacial score (nSPS) is 39.2. The van der Waals surface area contributed by atoms with Crippen molar-refractivity contribution in [2.24, 2.45) is 22.7 Å². The van der Waals surface area contributed by atoms with E-state index in [9.17, 15) is 14.7 Å². The van der Waals surface area contributed by atoms with Gasteiger partial charge in [-0.15, -0.1) is 0 Å². The van der Waals surface area contributed by atoms with Crippen molar-refractivity contribution in [1.82, 2.24) is 0 Å². The maximum atomic E-state index is 11.9. The van der Waals surface area contributed by atoms with Crippen LogP contribution in [0.15, 0.2) is 23.8 Å². The number of allylic oxidation sites excluding steroid dienone is 3. The highest BCUT2D eigenvalue weighted by Crippen LogP contribution is 2.61. The predicted octanol–water partition coefficient (Wildman–Crippen LogP) is 4.39. The van der Waals surface area contributed by atoms with Crippen molar-refractivity contribution in [3.05, 3.63) is 23.8 Å². The maximum absolute atomic E-state index is 11.9. The summed E-state index contributed by atoms with van der Waals surface area (Å²) in [4.78, 5) is 22.7. The van der Waals surface area contributed by atoms with E-state index >= 15 is 0 Å². The van der Waals surface area contributed by atoms with Gasteiger partial charge in [0.1, 0.15) is 6.29 Å². The lowest BCUT2D eigenvalue weighted by molar-refractivity contribution is -0.164. The zero-order valence-electron chi connectivity index (χ0n) is 14.0. The highest BCUT2D eigenvalue weighted by Gasteiger charge is 2.57. The minimum Gasteiger partial charge on any atom is -0.481 e. The Morgan fingerprint density at radius 1 is 1.41 bits per heavy atom. The van der Waals surface area contributed by atoms with Crippen LogP contribution in [0.3, 0.4) is 0 Å². The summed E-state index contributed by atoms with van der Waals surface area (Å²) in [5.74, 6) is -0.193. The second-order valence-electron chi connectivity index (χ2n) is 7.69. The molecule has 122 valence electrons. The lowest BCUT2D eigenvalue weighted by Crippen LogP contribution is -2.53. The van der Waals surface area contributed by atoms with E-state index in [2.05, 4.69) is 13.5 Å². The van der Waals surface area contributed by atoms with Gasteiger partial charge < -0.3 is 5.11 Å². The van der Waals surface area contributed by atoms with Crippen LogP contribution in [0.1, 0.15) is 59.3 Å². The molecular formula is C19H28O3. The van der Waals surface area contributed by atoms with Crippen LogP contribution in [0, 0.1) is 22.7 Å². The molecule has 2 aliphatic rings. The zero-order valence-corrected chi connectivity index (χ0v) is 14.0. The number of hydrogen-bond acceptors (Lipinski definition) is 2. The van der Waals surface area contributed by atoms with Gasteiger partial charge in [0.05, 0.1) is 5.41 Å². The second kappa shape index (κ2) is 6.02. The summed E-state index contributed by atoms with van der Waals surface area (Å²) >= 11 is 0. The van der Waals surface area contributed by atoms with Crippen molar-refractivity contribution in [3.63, 3.8) is 0 Å². The Balaban J connectivity index is 2.36. The van der Waals surface area contributed by atoms with Gasteiger partial charge in [-0.25, -0.2) is 0 Å². The third-order valence-corrected chi connectivity index (χ3v) is 6.37. The maximum Gasteiger partial charge on any atom is 0.309 e. The van der Waals surface area contributed by atoms with Crippen LogP contribution >= 0.6 is 0 Å². The first-order valence-corrected chi connectivity index (χ1v) is 8.28. The number of carbonyl (C=O) groups is 2. The summed E-state index contributed by atoms with van der Waals surface area (Å²) in [6.07, 6.45) is 8.27. The number of rotatable bonds is 4. The first kappa shape index (κ1) is 17.0. The van der Waals surface area contributed by atoms with Gasteiger partial charge in [0.25, 0.3) is 0 Å². The molecule has 0 aromatic heterocycles. The van der Waals surface area contributed by atoms with Gasteiger partial charge in [0.2, 0.25) is 0 Å². The topological polar surface area (TPSA) is 54.4 Å². The molecule has 2 aliphatic carbocycles. The van der Waals surface area contributed by atoms with Crippen LogP contribution in [-0.4, -0.2) is 17.4 Å². The number of aldehydes is 1. The summed E-state index contributed by atoms with van der Waals surface area (Å²) in [6, 6.07) is 0. The Bertz CT molecular complexity index is 519. The van der Waals surface area contributed by atoms with Gasteiger partial charge in [-0.3, -0.25) is 9.59 Å². The first-order chi connectivity index (χ1) is 10.3. The molecule has 0 unspecified atom stereocenters. The molecule has 0 spiro atoms. The molecule has 0 bridgehead atoms. The third kappa shape index (κ3) is 2.66. The molecule has 2 rings (SSSR count). The van der Waals surface area contributed by atoms with Crippen LogP contribution in [-0.2, 0) is 9.59 Å². The van der Waals surface area contributed by atoms with E-state index in [1.807, 2.05) is 19.9 Å². The molecule has 0 saturated heterocycles. The predicted molar refractivity (Wildman–Crippen MR) is 87.5 cm³/mol. The minimum absolute atomic E-state index is 0.0274. The molecule has 0 amide bonds. The Labute approximate surface area is 133 Å². The van der Waals surface area contributed by atoms with Crippen molar-refractivity contribution in [3.8, 4) is 0 Å². The molecular weight excluding hydrogens is 276 g/mol. The van der Waals surface area contributed by atoms with Crippen LogP contribution < -0.4 is 0 Å². The average molecular weight is 304 g/mol. The largest absolute Gasteiger partial charge is 0.481 e. The van der Waals surface area contributed by atoms with Crippen molar-refractivity contribution < 1.29 is 14.7 Å². The summed E-state index contributed by atoms with van der Waals surface area (Å²) in [5.41, 5.74) is 1.31. The monoisotopic (exact) mass is 304 g/mol. The summed E-state index contributed by atoms with van der Waals surface area (Å²) < 4.78 is 0. The zero-order chi connectivity index (χ0) is 16.5. The van der Waals surface area contributed by atoms with Gasteiger partial charge in [-0.1, -0.05) is 31.6 Å². The van der Waals surface area contributed by atoms with E-state index in [1.54, 1.807) is 0 Å². The van der Waals surface area contributed by atoms with Gasteiger partial charge >= 0.3 is 5.97 Å². The lowest BCUT2D eigenvalue weighted by atomic mass is 9.46. The molecule has 22 heavy (non-hydrogen) atoms. The minimum atomic E-state index is -0.658. The fourth-order valence-electron chi connectivity index (χ4n) is 4.99. The Morgan fingerprint density at radius 2 is 2.09 bits per heavy atom. The molecule has 0 aromatic carbocycles. The molecule has 1 N–H and O–H groups in total. The first-order valence-electron chi connectivity index (χ1n) is 8.28. The van der Waals surface area contributed by atoms with E-state index in [4.69, 9.17) is 0 Å². The van der Waals surface area contributed by atoms with Gasteiger partial charge in [-0.05, 0) is 68.8 Å². The van der Waals surface area contributed by atoms with E-state index in [-0.39, 0.29) is 17.3 Å². The fourth-order valence-corrected chi connectivity index (χ4v) is 4.99. The number of carboxylic acid groups (broad SMARTS) is 1. The Kier molecular flexibility index (Phi) is 4.65. The molecule has 3 nitrogen and oxygen atoms in total. The molecule has 2 fully saturated rings. The Morgan fingerprint density at radius 3 is 2.68 bits per heavy atom. The average Bonchev–Trinajstić information content (AvgIpc) is 2.45. The quantitative estimate of drug-likeness (QED) is 0.476. The van der Waals surface area contributed by atoms with Crippen molar-refractivity contribution in [2.75, 3.05) is 0 Å². The molecule has 4 atom stereocenters. The van der Waals surface area contributed by atoms with Crippen LogP contribution in [0.4, 0.5) is 0 Å². The summed E-state index contributed by atoms with van der Waals surface area (Å²) in [5, 5.41) is 9.78. The second-order valence-corrected chi connectivity index (χ2v) is 7.69. The van der Waals surface area contributed by atoms with Gasteiger partial charge in [0, 0.05) is 0 Å².